The Kier molecular flexibility index (Phi) is 21.8. The zero-order chi connectivity index (χ0) is 50.6. The van der Waals surface area contributed by atoms with E-state index >= 15 is 0 Å². The van der Waals surface area contributed by atoms with Gasteiger partial charge in [0.2, 0.25) is 0 Å². The Labute approximate surface area is 451 Å². The number of hydrogen-bond donors (Lipinski definition) is 0. The van der Waals surface area contributed by atoms with E-state index in [0.29, 0.717) is 30.1 Å². The molecule has 0 N–H and O–H groups in total. The number of piperidine rings is 2. The molecule has 0 aromatic heterocycles. The SMILES string of the molecule is CCOC(=O)C1CCN(Cc2c(OC3CCC(C(C)(C)C)CC3)cc(Cl)c3ccccc23)CC1.CCOC(=O)C1CCN(Cc2c(OC3CCC(C(C)(C)C)CC3)cc(I)c3ccccc23)CC1.[Cl][Cu]. The predicted octanol–water partition coefficient (Wildman–Crippen LogP) is 15.1. The second kappa shape index (κ2) is 26.8. The summed E-state index contributed by atoms with van der Waals surface area (Å²) < 4.78 is 25.2. The summed E-state index contributed by atoms with van der Waals surface area (Å²) in [5.74, 6) is 3.50. The molecule has 2 aliphatic heterocycles. The van der Waals surface area contributed by atoms with Gasteiger partial charge in [0, 0.05) is 33.2 Å². The average molecular weight is 1160 g/mol. The van der Waals surface area contributed by atoms with Gasteiger partial charge in [-0.3, -0.25) is 19.4 Å². The molecule has 4 aromatic carbocycles. The van der Waals surface area contributed by atoms with E-state index in [1.807, 2.05) is 26.0 Å². The molecule has 70 heavy (non-hydrogen) atoms. The number of fused-ring (bicyclic) bond motifs is 2. The van der Waals surface area contributed by atoms with E-state index in [4.69, 9.17) is 30.5 Å². The van der Waals surface area contributed by atoms with Crippen LogP contribution in [0.15, 0.2) is 60.7 Å². The third-order valence-electron chi connectivity index (χ3n) is 15.7. The minimum absolute atomic E-state index is 0.0203. The molecule has 0 atom stereocenters. The van der Waals surface area contributed by atoms with Gasteiger partial charge in [-0.15, -0.1) is 0 Å². The summed E-state index contributed by atoms with van der Waals surface area (Å²) in [7, 11) is 4.20. The number of rotatable bonds is 12. The number of ether oxygens (including phenoxy) is 4. The molecule has 0 radical (unpaired) electrons. The molecular weight excluding hydrogens is 1080 g/mol. The normalized spacial score (nSPS) is 22.1. The molecule has 2 aliphatic carbocycles. The molecule has 8 nitrogen and oxygen atoms in total. The van der Waals surface area contributed by atoms with Crippen LogP contribution < -0.4 is 9.47 Å². The first kappa shape index (κ1) is 57.0. The molecule has 2 saturated carbocycles. The van der Waals surface area contributed by atoms with E-state index in [9.17, 15) is 9.59 Å². The Bertz CT molecular complexity index is 2140. The summed E-state index contributed by atoms with van der Waals surface area (Å²) in [5.41, 5.74) is 3.25. The van der Waals surface area contributed by atoms with Gasteiger partial charge in [-0.05, 0) is 191 Å². The number of halogens is 3. The fourth-order valence-electron chi connectivity index (χ4n) is 11.3. The molecule has 4 fully saturated rings. The summed E-state index contributed by atoms with van der Waals surface area (Å²) in [5, 5.41) is 5.58. The first-order valence-corrected chi connectivity index (χ1v) is 28.9. The Balaban J connectivity index is 0.000000222. The van der Waals surface area contributed by atoms with Gasteiger partial charge in [0.15, 0.2) is 0 Å². The maximum absolute atomic E-state index is 12.2. The van der Waals surface area contributed by atoms with Gasteiger partial charge in [0.25, 0.3) is 0 Å². The second-order valence-electron chi connectivity index (χ2n) is 22.3. The fraction of sp³-hybridized carbons (Fsp3) is 0.621. The van der Waals surface area contributed by atoms with Gasteiger partial charge in [0.05, 0.1) is 42.3 Å². The fourth-order valence-corrected chi connectivity index (χ4v) is 12.4. The molecule has 8 rings (SSSR count). The van der Waals surface area contributed by atoms with E-state index in [1.165, 1.54) is 56.5 Å². The van der Waals surface area contributed by atoms with Gasteiger partial charge in [-0.1, -0.05) is 102 Å². The molecule has 4 aromatic rings. The number of esters is 2. The van der Waals surface area contributed by atoms with Crippen LogP contribution in [-0.4, -0.2) is 73.3 Å². The van der Waals surface area contributed by atoms with Gasteiger partial charge in [-0.2, -0.15) is 0 Å². The summed E-state index contributed by atoms with van der Waals surface area (Å²) in [6.45, 7) is 24.1. The van der Waals surface area contributed by atoms with Crippen LogP contribution in [-0.2, 0) is 47.3 Å². The van der Waals surface area contributed by atoms with Crippen molar-refractivity contribution in [1.82, 2.24) is 9.80 Å². The van der Waals surface area contributed by atoms with Crippen LogP contribution in [0, 0.1) is 38.1 Å². The van der Waals surface area contributed by atoms with Crippen molar-refractivity contribution in [3.8, 4) is 11.5 Å². The first-order chi connectivity index (χ1) is 33.5. The predicted molar refractivity (Wildman–Crippen MR) is 292 cm³/mol. The molecule has 0 bridgehead atoms. The standard InChI is InChI=1S/C29H40ClNO3.C29H40INO3.ClH.Cu/c2*1-5-33-28(32)20-14-16-31(17-15-20)19-25-23-8-6-7-9-24(23)26(30)18-27(25)34-22-12-10-21(11-13-22)29(2,3)4;;/h2*6-9,18,20-22H,5,10-17,19H2,1-4H3;1H;/q;;;+1/p-1. The quantitative estimate of drug-likeness (QED) is 0.0789. The van der Waals surface area contributed by atoms with E-state index in [0.717, 1.165) is 124 Å². The zero-order valence-corrected chi connectivity index (χ0v) is 47.8. The number of nitrogens with zero attached hydrogens (tertiary/aromatic N) is 2. The summed E-state index contributed by atoms with van der Waals surface area (Å²) >= 11 is 12.8. The van der Waals surface area contributed by atoms with Gasteiger partial charge in [0.1, 0.15) is 11.5 Å². The van der Waals surface area contributed by atoms with Crippen LogP contribution in [0.4, 0.5) is 0 Å². The number of carbonyl (C=O) groups excluding carboxylic acids is 2. The Morgan fingerprint density at radius 2 is 0.929 bits per heavy atom. The van der Waals surface area contributed by atoms with Gasteiger partial charge in [-0.25, -0.2) is 0 Å². The van der Waals surface area contributed by atoms with Crippen molar-refractivity contribution in [1.29, 1.82) is 0 Å². The topological polar surface area (TPSA) is 77.5 Å². The van der Waals surface area contributed by atoms with Crippen LogP contribution in [0.25, 0.3) is 21.5 Å². The van der Waals surface area contributed by atoms with Crippen LogP contribution in [0.5, 0.6) is 11.5 Å². The van der Waals surface area contributed by atoms with E-state index in [2.05, 4.69) is 148 Å². The summed E-state index contributed by atoms with van der Waals surface area (Å²) in [6, 6.07) is 21.3. The molecule has 0 amide bonds. The van der Waals surface area contributed by atoms with Crippen molar-refractivity contribution >= 4 is 77.8 Å². The second-order valence-corrected chi connectivity index (χ2v) is 23.9. The van der Waals surface area contributed by atoms with E-state index in [1.54, 1.807) is 0 Å². The molecule has 2 heterocycles. The van der Waals surface area contributed by atoms with Crippen LogP contribution in [0.3, 0.4) is 0 Å². The van der Waals surface area contributed by atoms with Gasteiger partial charge < -0.3 is 18.9 Å². The molecule has 2 saturated heterocycles. The number of benzene rings is 4. The molecule has 4 aliphatic rings. The summed E-state index contributed by atoms with van der Waals surface area (Å²) in [6.07, 6.45) is 13.3. The number of likely N-dealkylation sites (tertiary alicyclic amines) is 2. The molecule has 0 spiro atoms. The van der Waals surface area contributed by atoms with Crippen molar-refractivity contribution in [2.24, 2.45) is 34.5 Å². The van der Waals surface area contributed by atoms with Crippen molar-refractivity contribution in [3.63, 3.8) is 0 Å². The summed E-state index contributed by atoms with van der Waals surface area (Å²) in [4.78, 5) is 29.3. The van der Waals surface area contributed by atoms with Crippen molar-refractivity contribution in [2.45, 2.75) is 158 Å². The van der Waals surface area contributed by atoms with E-state index in [-0.39, 0.29) is 29.9 Å². The van der Waals surface area contributed by atoms with Crippen LogP contribution >= 0.6 is 44.3 Å². The monoisotopic (exact) mass is 1160 g/mol. The first-order valence-electron chi connectivity index (χ1n) is 26.1. The van der Waals surface area contributed by atoms with Gasteiger partial charge >= 0.3 is 37.1 Å². The van der Waals surface area contributed by atoms with Crippen molar-refractivity contribution < 1.29 is 43.6 Å². The van der Waals surface area contributed by atoms with Crippen LogP contribution in [0.1, 0.15) is 144 Å². The van der Waals surface area contributed by atoms with Crippen molar-refractivity contribution in [2.75, 3.05) is 39.4 Å². The molecule has 390 valence electrons. The Morgan fingerprint density at radius 3 is 1.31 bits per heavy atom. The molecule has 0 unspecified atom stereocenters. The average Bonchev–Trinajstić information content (AvgIpc) is 3.35. The third kappa shape index (κ3) is 15.4. The number of hydrogen-bond acceptors (Lipinski definition) is 8. The Hall–Kier alpha value is -2.31. The molecular formula is C58H80Cl2CuIN2O6. The minimum atomic E-state index is -0.0472. The van der Waals surface area contributed by atoms with Crippen molar-refractivity contribution in [3.05, 3.63) is 80.4 Å². The van der Waals surface area contributed by atoms with Crippen LogP contribution in [0.2, 0.25) is 5.02 Å². The number of carbonyl (C=O) groups is 2. The zero-order valence-electron chi connectivity index (χ0n) is 43.2. The molecule has 12 heteroatoms. The third-order valence-corrected chi connectivity index (χ3v) is 16.9. The van der Waals surface area contributed by atoms with E-state index < -0.39 is 0 Å². The maximum atomic E-state index is 12.2. The Morgan fingerprint density at radius 1 is 0.571 bits per heavy atom.